The van der Waals surface area contributed by atoms with Gasteiger partial charge in [-0.1, -0.05) is 11.3 Å². The number of ether oxygens (including phenoxy) is 2. The lowest BCUT2D eigenvalue weighted by Gasteiger charge is -2.25. The number of rotatable bonds is 7. The van der Waals surface area contributed by atoms with Gasteiger partial charge in [-0.15, -0.1) is 0 Å². The predicted octanol–water partition coefficient (Wildman–Crippen LogP) is 4.39. The molecule has 0 bridgehead atoms. The Morgan fingerprint density at radius 1 is 1.05 bits per heavy atom. The number of aromatic nitrogens is 1. The van der Waals surface area contributed by atoms with E-state index < -0.39 is 28.3 Å². The van der Waals surface area contributed by atoms with E-state index >= 15 is 0 Å². The van der Waals surface area contributed by atoms with Crippen LogP contribution < -0.4 is 24.0 Å². The normalized spacial score (nSPS) is 13.1. The molecule has 0 aliphatic carbocycles. The molecule has 2 heterocycles. The fraction of sp³-hybridized carbons (Fsp3) is 0.231. The lowest BCUT2D eigenvalue weighted by molar-refractivity contribution is -0.114. The largest absolute Gasteiger partial charge is 0.486 e. The molecule has 9 nitrogen and oxygen atoms in total. The molecule has 3 aromatic carbocycles. The Bertz CT molecular complexity index is 1680. The molecule has 1 aromatic heterocycles. The van der Waals surface area contributed by atoms with Crippen LogP contribution in [-0.4, -0.2) is 38.7 Å². The van der Waals surface area contributed by atoms with Crippen LogP contribution in [0.5, 0.6) is 11.5 Å². The minimum absolute atomic E-state index is 0.0216. The lowest BCUT2D eigenvalue weighted by Crippen LogP contribution is -2.38. The maximum Gasteiger partial charge on any atom is 0.308 e. The van der Waals surface area contributed by atoms with Crippen LogP contribution in [0.1, 0.15) is 19.9 Å². The van der Waals surface area contributed by atoms with Crippen molar-refractivity contribution in [3.63, 3.8) is 0 Å². The summed E-state index contributed by atoms with van der Waals surface area (Å²) in [4.78, 5) is 25.2. The van der Waals surface area contributed by atoms with Gasteiger partial charge in [-0.3, -0.25) is 18.5 Å². The van der Waals surface area contributed by atoms with Gasteiger partial charge in [-0.05, 0) is 68.4 Å². The molecule has 0 spiro atoms. The number of nitrogens with zero attached hydrogens (tertiary/aromatic N) is 2. The minimum Gasteiger partial charge on any atom is -0.486 e. The van der Waals surface area contributed by atoms with Crippen LogP contribution in [0.2, 0.25) is 0 Å². The first-order valence-corrected chi connectivity index (χ1v) is 14.0. The van der Waals surface area contributed by atoms with Crippen molar-refractivity contribution in [1.29, 1.82) is 0 Å². The van der Waals surface area contributed by atoms with Crippen molar-refractivity contribution in [2.45, 2.75) is 24.8 Å². The molecule has 1 aliphatic rings. The zero-order chi connectivity index (χ0) is 27.0. The summed E-state index contributed by atoms with van der Waals surface area (Å²) in [5.74, 6) is -0.465. The van der Waals surface area contributed by atoms with Gasteiger partial charge < -0.3 is 14.8 Å². The number of fused-ring (bicyclic) bond motifs is 2. The van der Waals surface area contributed by atoms with Crippen LogP contribution in [0.15, 0.2) is 70.4 Å². The standard InChI is InChI=1S/C26H24FN3O6S2/c1-16(2)30-21-9-5-18(13-24(21)37-26(30)32)28-25(31)15-29(19-6-3-17(27)4-7-19)38(33,34)20-8-10-22-23(14-20)36-12-11-35-22/h3-10,13-14,16H,11-12,15H2,1-2H3,(H,28,31). The van der Waals surface area contributed by atoms with Crippen molar-refractivity contribution in [1.82, 2.24) is 4.57 Å². The monoisotopic (exact) mass is 557 g/mol. The molecule has 1 amide bonds. The third kappa shape index (κ3) is 4.96. The van der Waals surface area contributed by atoms with E-state index in [2.05, 4.69) is 5.32 Å². The molecular weight excluding hydrogens is 533 g/mol. The summed E-state index contributed by atoms with van der Waals surface area (Å²) in [6, 6.07) is 14.1. The lowest BCUT2D eigenvalue weighted by atomic mass is 10.2. The van der Waals surface area contributed by atoms with Crippen LogP contribution in [0.25, 0.3) is 10.2 Å². The Kier molecular flexibility index (Phi) is 6.84. The summed E-state index contributed by atoms with van der Waals surface area (Å²) in [7, 11) is -4.26. The minimum atomic E-state index is -4.26. The molecule has 0 radical (unpaired) electrons. The molecule has 4 aromatic rings. The van der Waals surface area contributed by atoms with Crippen LogP contribution in [0, 0.1) is 5.82 Å². The number of benzene rings is 3. The van der Waals surface area contributed by atoms with Crippen LogP contribution >= 0.6 is 11.3 Å². The molecule has 0 atom stereocenters. The highest BCUT2D eigenvalue weighted by Crippen LogP contribution is 2.34. The van der Waals surface area contributed by atoms with Gasteiger partial charge in [-0.25, -0.2) is 12.8 Å². The zero-order valence-corrected chi connectivity index (χ0v) is 22.1. The van der Waals surface area contributed by atoms with E-state index in [-0.39, 0.29) is 33.9 Å². The van der Waals surface area contributed by atoms with E-state index in [0.29, 0.717) is 22.7 Å². The topological polar surface area (TPSA) is 107 Å². The Hall–Kier alpha value is -3.90. The van der Waals surface area contributed by atoms with Crippen LogP contribution in [0.4, 0.5) is 15.8 Å². The first-order valence-electron chi connectivity index (χ1n) is 11.8. The highest BCUT2D eigenvalue weighted by atomic mass is 32.2. The SMILES string of the molecule is CC(C)n1c(=O)sc2cc(NC(=O)CN(c3ccc(F)cc3)S(=O)(=O)c3ccc4c(c3)OCCO4)ccc21. The number of sulfonamides is 1. The van der Waals surface area contributed by atoms with E-state index in [4.69, 9.17) is 9.47 Å². The van der Waals surface area contributed by atoms with E-state index in [0.717, 1.165) is 33.3 Å². The maximum absolute atomic E-state index is 13.7. The van der Waals surface area contributed by atoms with Crippen molar-refractivity contribution in [2.75, 3.05) is 29.4 Å². The Balaban J connectivity index is 1.45. The molecular formula is C26H24FN3O6S2. The molecule has 0 saturated carbocycles. The van der Waals surface area contributed by atoms with Crippen LogP contribution in [-0.2, 0) is 14.8 Å². The second-order valence-corrected chi connectivity index (χ2v) is 11.7. The number of carbonyl (C=O) groups excluding carboxylic acids is 1. The smallest absolute Gasteiger partial charge is 0.308 e. The highest BCUT2D eigenvalue weighted by Gasteiger charge is 2.29. The summed E-state index contributed by atoms with van der Waals surface area (Å²) in [6.45, 7) is 3.88. The summed E-state index contributed by atoms with van der Waals surface area (Å²) < 4.78 is 55.3. The molecule has 0 saturated heterocycles. The summed E-state index contributed by atoms with van der Waals surface area (Å²) >= 11 is 1.07. The molecule has 12 heteroatoms. The average Bonchev–Trinajstić information content (AvgIpc) is 3.22. The van der Waals surface area contributed by atoms with E-state index in [1.165, 1.54) is 30.3 Å². The molecule has 5 rings (SSSR count). The molecule has 1 aliphatic heterocycles. The van der Waals surface area contributed by atoms with Gasteiger partial charge >= 0.3 is 4.87 Å². The number of hydrogen-bond donors (Lipinski definition) is 1. The number of nitrogens with one attached hydrogen (secondary N) is 1. The van der Waals surface area contributed by atoms with Gasteiger partial charge in [0.2, 0.25) is 5.91 Å². The van der Waals surface area contributed by atoms with Gasteiger partial charge in [0, 0.05) is 17.8 Å². The number of thiazole rings is 1. The first-order chi connectivity index (χ1) is 18.1. The van der Waals surface area contributed by atoms with Gasteiger partial charge in [0.15, 0.2) is 11.5 Å². The van der Waals surface area contributed by atoms with Crippen molar-refractivity contribution >= 4 is 48.9 Å². The van der Waals surface area contributed by atoms with E-state index in [9.17, 15) is 22.4 Å². The van der Waals surface area contributed by atoms with Crippen LogP contribution in [0.3, 0.4) is 0 Å². The van der Waals surface area contributed by atoms with Gasteiger partial charge in [-0.2, -0.15) is 0 Å². The molecule has 0 fully saturated rings. The Morgan fingerprint density at radius 2 is 1.76 bits per heavy atom. The number of anilines is 2. The highest BCUT2D eigenvalue weighted by molar-refractivity contribution is 7.92. The van der Waals surface area contributed by atoms with Crippen molar-refractivity contribution in [2.24, 2.45) is 0 Å². The van der Waals surface area contributed by atoms with E-state index in [1.807, 2.05) is 13.8 Å². The van der Waals surface area contributed by atoms with E-state index in [1.54, 1.807) is 22.8 Å². The second-order valence-electron chi connectivity index (χ2n) is 8.86. The van der Waals surface area contributed by atoms with Crippen molar-refractivity contribution in [3.05, 3.63) is 76.1 Å². The molecule has 38 heavy (non-hydrogen) atoms. The maximum atomic E-state index is 13.7. The second kappa shape index (κ2) is 10.1. The Morgan fingerprint density at radius 3 is 2.47 bits per heavy atom. The molecule has 198 valence electrons. The summed E-state index contributed by atoms with van der Waals surface area (Å²) in [5, 5.41) is 2.71. The quantitative estimate of drug-likeness (QED) is 0.361. The van der Waals surface area contributed by atoms with Crippen molar-refractivity contribution < 1.29 is 27.1 Å². The summed E-state index contributed by atoms with van der Waals surface area (Å²) in [6.07, 6.45) is 0. The third-order valence-electron chi connectivity index (χ3n) is 5.92. The number of halogens is 1. The number of carbonyl (C=O) groups is 1. The average molecular weight is 558 g/mol. The predicted molar refractivity (Wildman–Crippen MR) is 143 cm³/mol. The fourth-order valence-corrected chi connectivity index (χ4v) is 6.66. The van der Waals surface area contributed by atoms with Gasteiger partial charge in [0.25, 0.3) is 10.0 Å². The summed E-state index contributed by atoms with van der Waals surface area (Å²) in [5.41, 5.74) is 1.27. The third-order valence-corrected chi connectivity index (χ3v) is 8.60. The number of hydrogen-bond acceptors (Lipinski definition) is 7. The van der Waals surface area contributed by atoms with Gasteiger partial charge in [0.1, 0.15) is 25.6 Å². The Labute approximate surface area is 222 Å². The first kappa shape index (κ1) is 25.7. The molecule has 0 unspecified atom stereocenters. The van der Waals surface area contributed by atoms with Crippen molar-refractivity contribution in [3.8, 4) is 11.5 Å². The van der Waals surface area contributed by atoms with Gasteiger partial charge in [0.05, 0.1) is 20.8 Å². The number of amides is 1. The molecule has 1 N–H and O–H groups in total. The fourth-order valence-electron chi connectivity index (χ4n) is 4.17. The zero-order valence-electron chi connectivity index (χ0n) is 20.5.